The minimum atomic E-state index is -0.0867. The monoisotopic (exact) mass is 377 g/mol. The van der Waals surface area contributed by atoms with Crippen molar-refractivity contribution in [1.82, 2.24) is 24.1 Å². The number of nitrogens with zero attached hydrogens (tertiary/aromatic N) is 5. The van der Waals surface area contributed by atoms with E-state index in [-0.39, 0.29) is 5.56 Å². The lowest BCUT2D eigenvalue weighted by molar-refractivity contribution is 0.141. The highest BCUT2D eigenvalue weighted by Gasteiger charge is 2.20. The lowest BCUT2D eigenvalue weighted by Crippen LogP contribution is -2.24. The topological polar surface area (TPSA) is 74.8 Å². The standard InChI is InChI=1S/C21H23N5O2/c1-4-11-26-19-17(18-20(26)24-16-10-7-6-9-15(16)23-18)21(27)25(14(3)22-19)12-8-13-28-5-2/h4,6-7,9-10H,1,5,8,11-13H2,2-3H3. The van der Waals surface area contributed by atoms with E-state index in [1.807, 2.05) is 42.7 Å². The molecule has 4 aromatic rings. The molecule has 0 amide bonds. The number of para-hydroxylation sites is 2. The van der Waals surface area contributed by atoms with E-state index in [1.165, 1.54) is 0 Å². The van der Waals surface area contributed by atoms with Crippen molar-refractivity contribution in [3.63, 3.8) is 0 Å². The van der Waals surface area contributed by atoms with Gasteiger partial charge in [-0.3, -0.25) is 9.36 Å². The fraction of sp³-hybridized carbons (Fsp3) is 0.333. The first-order valence-electron chi connectivity index (χ1n) is 9.50. The fourth-order valence-corrected chi connectivity index (χ4v) is 3.53. The van der Waals surface area contributed by atoms with Crippen molar-refractivity contribution in [2.24, 2.45) is 0 Å². The van der Waals surface area contributed by atoms with E-state index in [9.17, 15) is 4.79 Å². The molecule has 3 aromatic heterocycles. The van der Waals surface area contributed by atoms with Crippen LogP contribution in [0.5, 0.6) is 0 Å². The van der Waals surface area contributed by atoms with E-state index in [0.29, 0.717) is 54.3 Å². The molecule has 4 rings (SSSR count). The summed E-state index contributed by atoms with van der Waals surface area (Å²) in [5.74, 6) is 0.673. The van der Waals surface area contributed by atoms with Gasteiger partial charge in [-0.05, 0) is 32.4 Å². The molecule has 1 aromatic carbocycles. The summed E-state index contributed by atoms with van der Waals surface area (Å²) >= 11 is 0. The Balaban J connectivity index is 2.00. The average molecular weight is 377 g/mol. The molecule has 28 heavy (non-hydrogen) atoms. The van der Waals surface area contributed by atoms with E-state index in [1.54, 1.807) is 10.6 Å². The van der Waals surface area contributed by atoms with Crippen molar-refractivity contribution in [3.05, 3.63) is 53.1 Å². The molecule has 0 fully saturated rings. The summed E-state index contributed by atoms with van der Waals surface area (Å²) in [6, 6.07) is 7.67. The van der Waals surface area contributed by atoms with E-state index in [0.717, 1.165) is 17.5 Å². The zero-order valence-corrected chi connectivity index (χ0v) is 16.2. The first-order valence-corrected chi connectivity index (χ1v) is 9.50. The van der Waals surface area contributed by atoms with Gasteiger partial charge in [-0.25, -0.2) is 15.0 Å². The lowest BCUT2D eigenvalue weighted by atomic mass is 10.3. The Labute approximate surface area is 162 Å². The molecule has 0 aliphatic heterocycles. The maximum atomic E-state index is 13.4. The molecule has 3 heterocycles. The highest BCUT2D eigenvalue weighted by atomic mass is 16.5. The highest BCUT2D eigenvalue weighted by Crippen LogP contribution is 2.25. The van der Waals surface area contributed by atoms with Crippen LogP contribution in [-0.2, 0) is 17.8 Å². The first kappa shape index (κ1) is 18.3. The van der Waals surface area contributed by atoms with E-state index >= 15 is 0 Å². The normalized spacial score (nSPS) is 11.6. The molecular weight excluding hydrogens is 354 g/mol. The van der Waals surface area contributed by atoms with Gasteiger partial charge in [0.25, 0.3) is 5.56 Å². The van der Waals surface area contributed by atoms with Crippen LogP contribution >= 0.6 is 0 Å². The van der Waals surface area contributed by atoms with E-state index in [4.69, 9.17) is 19.7 Å². The van der Waals surface area contributed by atoms with Gasteiger partial charge in [0.2, 0.25) is 0 Å². The second kappa shape index (κ2) is 7.52. The molecule has 0 unspecified atom stereocenters. The molecule has 7 heteroatoms. The summed E-state index contributed by atoms with van der Waals surface area (Å²) in [6.07, 6.45) is 2.53. The van der Waals surface area contributed by atoms with Gasteiger partial charge < -0.3 is 9.30 Å². The Bertz CT molecular complexity index is 1240. The van der Waals surface area contributed by atoms with Crippen LogP contribution in [0.15, 0.2) is 41.7 Å². The molecule has 0 spiro atoms. The molecule has 0 aliphatic carbocycles. The largest absolute Gasteiger partial charge is 0.382 e. The smallest absolute Gasteiger partial charge is 0.265 e. The predicted molar refractivity (Wildman–Crippen MR) is 111 cm³/mol. The quantitative estimate of drug-likeness (QED) is 0.365. The summed E-state index contributed by atoms with van der Waals surface area (Å²) in [6.45, 7) is 10.0. The number of aromatic nitrogens is 5. The fourth-order valence-electron chi connectivity index (χ4n) is 3.53. The maximum Gasteiger partial charge on any atom is 0.265 e. The van der Waals surface area contributed by atoms with Crippen LogP contribution in [0.1, 0.15) is 19.2 Å². The van der Waals surface area contributed by atoms with Crippen molar-refractivity contribution in [2.45, 2.75) is 33.4 Å². The molecule has 144 valence electrons. The molecule has 0 radical (unpaired) electrons. The summed E-state index contributed by atoms with van der Waals surface area (Å²) < 4.78 is 9.02. The van der Waals surface area contributed by atoms with Crippen LogP contribution < -0.4 is 5.56 Å². The average Bonchev–Trinajstić information content (AvgIpc) is 2.98. The van der Waals surface area contributed by atoms with Crippen LogP contribution in [0.4, 0.5) is 0 Å². The predicted octanol–water partition coefficient (Wildman–Crippen LogP) is 3.22. The first-order chi connectivity index (χ1) is 13.7. The number of aryl methyl sites for hydroxylation is 1. The summed E-state index contributed by atoms with van der Waals surface area (Å²) in [5, 5.41) is 0.511. The number of ether oxygens (including phenoxy) is 1. The molecule has 0 atom stereocenters. The van der Waals surface area contributed by atoms with Crippen molar-refractivity contribution >= 4 is 33.2 Å². The number of fused-ring (bicyclic) bond motifs is 4. The Morgan fingerprint density at radius 2 is 1.86 bits per heavy atom. The molecule has 0 aliphatic rings. The summed E-state index contributed by atoms with van der Waals surface area (Å²) in [4.78, 5) is 27.6. The third-order valence-electron chi connectivity index (χ3n) is 4.83. The van der Waals surface area contributed by atoms with Crippen molar-refractivity contribution in [2.75, 3.05) is 13.2 Å². The van der Waals surface area contributed by atoms with Gasteiger partial charge in [0.15, 0.2) is 11.3 Å². The van der Waals surface area contributed by atoms with Crippen LogP contribution in [-0.4, -0.2) is 37.3 Å². The van der Waals surface area contributed by atoms with Gasteiger partial charge in [0, 0.05) is 26.3 Å². The Morgan fingerprint density at radius 1 is 1.11 bits per heavy atom. The zero-order valence-electron chi connectivity index (χ0n) is 16.2. The number of benzene rings is 1. The van der Waals surface area contributed by atoms with Crippen LogP contribution in [0.2, 0.25) is 0 Å². The zero-order chi connectivity index (χ0) is 19.7. The van der Waals surface area contributed by atoms with Crippen molar-refractivity contribution in [3.8, 4) is 0 Å². The molecule has 0 N–H and O–H groups in total. The minimum Gasteiger partial charge on any atom is -0.382 e. The molecular formula is C21H23N5O2. The lowest BCUT2D eigenvalue weighted by Gasteiger charge is -2.10. The highest BCUT2D eigenvalue weighted by molar-refractivity contribution is 6.04. The minimum absolute atomic E-state index is 0.0867. The number of rotatable bonds is 7. The van der Waals surface area contributed by atoms with Gasteiger partial charge >= 0.3 is 0 Å². The molecule has 0 bridgehead atoms. The Kier molecular flexibility index (Phi) is 4.92. The number of hydrogen-bond acceptors (Lipinski definition) is 5. The van der Waals surface area contributed by atoms with Crippen molar-refractivity contribution < 1.29 is 4.74 Å². The number of allylic oxidation sites excluding steroid dienone is 1. The van der Waals surface area contributed by atoms with E-state index in [2.05, 4.69) is 6.58 Å². The van der Waals surface area contributed by atoms with Crippen LogP contribution in [0.3, 0.4) is 0 Å². The second-order valence-corrected chi connectivity index (χ2v) is 6.65. The molecule has 0 saturated heterocycles. The SMILES string of the molecule is C=CCn1c2nc3ccccc3nc2c2c(=O)n(CCCOCC)c(C)nc21. The van der Waals surface area contributed by atoms with Gasteiger partial charge in [0.1, 0.15) is 16.7 Å². The molecule has 7 nitrogen and oxygen atoms in total. The Hall–Kier alpha value is -3.06. The van der Waals surface area contributed by atoms with Gasteiger partial charge in [0.05, 0.1) is 11.0 Å². The summed E-state index contributed by atoms with van der Waals surface area (Å²) in [7, 11) is 0. The van der Waals surface area contributed by atoms with Gasteiger partial charge in [-0.15, -0.1) is 6.58 Å². The van der Waals surface area contributed by atoms with Gasteiger partial charge in [-0.2, -0.15) is 0 Å². The van der Waals surface area contributed by atoms with E-state index < -0.39 is 0 Å². The second-order valence-electron chi connectivity index (χ2n) is 6.65. The van der Waals surface area contributed by atoms with Crippen LogP contribution in [0, 0.1) is 6.92 Å². The Morgan fingerprint density at radius 3 is 2.57 bits per heavy atom. The third kappa shape index (κ3) is 2.97. The number of hydrogen-bond donors (Lipinski definition) is 0. The van der Waals surface area contributed by atoms with Crippen molar-refractivity contribution in [1.29, 1.82) is 0 Å². The molecule has 0 saturated carbocycles. The summed E-state index contributed by atoms with van der Waals surface area (Å²) in [5.41, 5.74) is 3.31. The maximum absolute atomic E-state index is 13.4. The third-order valence-corrected chi connectivity index (χ3v) is 4.83. The van der Waals surface area contributed by atoms with Crippen LogP contribution in [0.25, 0.3) is 33.2 Å². The van der Waals surface area contributed by atoms with Gasteiger partial charge in [-0.1, -0.05) is 18.2 Å².